The van der Waals surface area contributed by atoms with Crippen LogP contribution in [-0.4, -0.2) is 13.1 Å². The molecule has 0 N–H and O–H groups in total. The van der Waals surface area contributed by atoms with Crippen molar-refractivity contribution in [3.8, 4) is 6.07 Å². The van der Waals surface area contributed by atoms with Crippen molar-refractivity contribution in [3.05, 3.63) is 11.6 Å². The highest BCUT2D eigenvalue weighted by Crippen LogP contribution is 2.46. The molecule has 1 rings (SSSR count). The lowest BCUT2D eigenvalue weighted by Crippen LogP contribution is -2.04. The van der Waals surface area contributed by atoms with E-state index in [2.05, 4.69) is 4.74 Å². The van der Waals surface area contributed by atoms with Gasteiger partial charge in [-0.1, -0.05) is 13.0 Å². The number of ether oxygens (including phenoxy) is 1. The Hall–Kier alpha value is -1.30. The molecule has 0 amide bonds. The second-order valence-corrected chi connectivity index (χ2v) is 3.32. The highest BCUT2D eigenvalue weighted by Gasteiger charge is 2.36. The first kappa shape index (κ1) is 8.79. The van der Waals surface area contributed by atoms with Crippen LogP contribution in [0.1, 0.15) is 19.8 Å². The molecule has 1 aliphatic carbocycles. The first-order valence-electron chi connectivity index (χ1n) is 3.82. The van der Waals surface area contributed by atoms with Crippen LogP contribution in [0.3, 0.4) is 0 Å². The summed E-state index contributed by atoms with van der Waals surface area (Å²) in [6, 6.07) is 1.84. The summed E-state index contributed by atoms with van der Waals surface area (Å²) < 4.78 is 4.45. The Morgan fingerprint density at radius 2 is 2.25 bits per heavy atom. The molecule has 3 nitrogen and oxygen atoms in total. The molecule has 0 atom stereocenters. The molecule has 0 aliphatic heterocycles. The van der Waals surface area contributed by atoms with Crippen LogP contribution in [0.5, 0.6) is 0 Å². The van der Waals surface area contributed by atoms with Crippen LogP contribution in [0.15, 0.2) is 11.6 Å². The lowest BCUT2D eigenvalue weighted by atomic mass is 10.1. The predicted octanol–water partition coefficient (Wildman–Crippen LogP) is 1.41. The average molecular weight is 165 g/mol. The summed E-state index contributed by atoms with van der Waals surface area (Å²) in [7, 11) is 1.28. The molecule has 1 fully saturated rings. The van der Waals surface area contributed by atoms with Crippen molar-refractivity contribution in [2.45, 2.75) is 19.8 Å². The Bertz CT molecular complexity index is 269. The smallest absolute Gasteiger partial charge is 0.348 e. The Morgan fingerprint density at radius 1 is 1.67 bits per heavy atom. The van der Waals surface area contributed by atoms with Gasteiger partial charge < -0.3 is 4.74 Å². The SMILES string of the molecule is COC(=O)/C(C#N)=C\C1(C)CC1. The quantitative estimate of drug-likeness (QED) is 0.353. The Balaban J connectivity index is 2.75. The number of hydrogen-bond acceptors (Lipinski definition) is 3. The number of rotatable bonds is 2. The minimum atomic E-state index is -0.536. The molecule has 0 spiro atoms. The van der Waals surface area contributed by atoms with E-state index >= 15 is 0 Å². The zero-order valence-corrected chi connectivity index (χ0v) is 7.26. The third-order valence-electron chi connectivity index (χ3n) is 2.06. The molecular formula is C9H11NO2. The number of nitriles is 1. The Morgan fingerprint density at radius 3 is 2.58 bits per heavy atom. The zero-order chi connectivity index (χ0) is 9.19. The second-order valence-electron chi connectivity index (χ2n) is 3.32. The minimum absolute atomic E-state index is 0.0687. The van der Waals surface area contributed by atoms with Gasteiger partial charge in [-0.2, -0.15) is 5.26 Å². The summed E-state index contributed by atoms with van der Waals surface area (Å²) in [4.78, 5) is 10.9. The molecule has 3 heteroatoms. The lowest BCUT2D eigenvalue weighted by Gasteiger charge is -2.00. The van der Waals surface area contributed by atoms with Gasteiger partial charge in [0.1, 0.15) is 11.6 Å². The van der Waals surface area contributed by atoms with Crippen molar-refractivity contribution in [1.29, 1.82) is 5.26 Å². The van der Waals surface area contributed by atoms with E-state index in [0.29, 0.717) is 0 Å². The van der Waals surface area contributed by atoms with Crippen LogP contribution in [0.4, 0.5) is 0 Å². The first-order chi connectivity index (χ1) is 5.61. The largest absolute Gasteiger partial charge is 0.465 e. The zero-order valence-electron chi connectivity index (χ0n) is 7.26. The molecule has 0 aromatic rings. The van der Waals surface area contributed by atoms with E-state index in [4.69, 9.17) is 5.26 Å². The standard InChI is InChI=1S/C9H11NO2/c1-9(3-4-9)5-7(6-10)8(11)12-2/h5H,3-4H2,1-2H3/b7-5-. The van der Waals surface area contributed by atoms with Gasteiger partial charge in [0.2, 0.25) is 0 Å². The number of esters is 1. The summed E-state index contributed by atoms with van der Waals surface area (Å²) in [5.41, 5.74) is 0.191. The molecule has 0 saturated heterocycles. The van der Waals surface area contributed by atoms with E-state index in [9.17, 15) is 4.79 Å². The van der Waals surface area contributed by atoms with Gasteiger partial charge in [-0.3, -0.25) is 0 Å². The normalized spacial score (nSPS) is 19.6. The van der Waals surface area contributed by atoms with Crippen molar-refractivity contribution in [1.82, 2.24) is 0 Å². The molecule has 12 heavy (non-hydrogen) atoms. The van der Waals surface area contributed by atoms with Gasteiger partial charge in [0.05, 0.1) is 7.11 Å². The lowest BCUT2D eigenvalue weighted by molar-refractivity contribution is -0.135. The molecular weight excluding hydrogens is 154 g/mol. The maximum Gasteiger partial charge on any atom is 0.348 e. The highest BCUT2D eigenvalue weighted by atomic mass is 16.5. The summed E-state index contributed by atoms with van der Waals surface area (Å²) >= 11 is 0. The van der Waals surface area contributed by atoms with E-state index in [1.54, 1.807) is 6.08 Å². The number of allylic oxidation sites excluding steroid dienone is 1. The number of hydrogen-bond donors (Lipinski definition) is 0. The van der Waals surface area contributed by atoms with E-state index in [0.717, 1.165) is 12.8 Å². The number of methoxy groups -OCH3 is 1. The summed E-state index contributed by atoms with van der Waals surface area (Å²) in [5.74, 6) is -0.536. The molecule has 0 aromatic heterocycles. The van der Waals surface area contributed by atoms with Crippen molar-refractivity contribution < 1.29 is 9.53 Å². The Labute approximate surface area is 71.6 Å². The topological polar surface area (TPSA) is 50.1 Å². The molecule has 0 heterocycles. The molecule has 0 radical (unpaired) electrons. The fraction of sp³-hybridized carbons (Fsp3) is 0.556. The maximum absolute atomic E-state index is 10.9. The van der Waals surface area contributed by atoms with Crippen molar-refractivity contribution in [2.75, 3.05) is 7.11 Å². The van der Waals surface area contributed by atoms with Crippen LogP contribution < -0.4 is 0 Å². The van der Waals surface area contributed by atoms with E-state index in [-0.39, 0.29) is 11.0 Å². The number of carbonyl (C=O) groups is 1. The fourth-order valence-corrected chi connectivity index (χ4v) is 0.937. The third-order valence-corrected chi connectivity index (χ3v) is 2.06. The molecule has 0 bridgehead atoms. The fourth-order valence-electron chi connectivity index (χ4n) is 0.937. The summed E-state index contributed by atoms with van der Waals surface area (Å²) in [6.07, 6.45) is 3.81. The molecule has 0 aromatic carbocycles. The van der Waals surface area contributed by atoms with Crippen molar-refractivity contribution >= 4 is 5.97 Å². The second kappa shape index (κ2) is 2.98. The van der Waals surface area contributed by atoms with Gasteiger partial charge in [-0.25, -0.2) is 4.79 Å². The van der Waals surface area contributed by atoms with E-state index in [1.165, 1.54) is 7.11 Å². The van der Waals surface area contributed by atoms with Crippen molar-refractivity contribution in [3.63, 3.8) is 0 Å². The minimum Gasteiger partial charge on any atom is -0.465 e. The monoisotopic (exact) mass is 165 g/mol. The van der Waals surface area contributed by atoms with Crippen LogP contribution in [-0.2, 0) is 9.53 Å². The highest BCUT2D eigenvalue weighted by molar-refractivity contribution is 5.92. The molecule has 1 saturated carbocycles. The number of carbonyl (C=O) groups excluding carboxylic acids is 1. The molecule has 0 unspecified atom stereocenters. The molecule has 1 aliphatic rings. The summed E-state index contributed by atoms with van der Waals surface area (Å²) in [6.45, 7) is 2.02. The van der Waals surface area contributed by atoms with Gasteiger partial charge in [-0.05, 0) is 18.3 Å². The predicted molar refractivity (Wildman–Crippen MR) is 43.1 cm³/mol. The van der Waals surface area contributed by atoms with Crippen LogP contribution in [0, 0.1) is 16.7 Å². The summed E-state index contributed by atoms with van der Waals surface area (Å²) in [5, 5.41) is 8.60. The van der Waals surface area contributed by atoms with Crippen LogP contribution in [0.2, 0.25) is 0 Å². The van der Waals surface area contributed by atoms with E-state index in [1.807, 2.05) is 13.0 Å². The average Bonchev–Trinajstić information content (AvgIpc) is 2.79. The van der Waals surface area contributed by atoms with Gasteiger partial charge in [0.15, 0.2) is 0 Å². The van der Waals surface area contributed by atoms with Crippen LogP contribution >= 0.6 is 0 Å². The maximum atomic E-state index is 10.9. The number of nitrogens with zero attached hydrogens (tertiary/aromatic N) is 1. The molecule has 64 valence electrons. The van der Waals surface area contributed by atoms with E-state index < -0.39 is 5.97 Å². The van der Waals surface area contributed by atoms with Gasteiger partial charge in [0.25, 0.3) is 0 Å². The van der Waals surface area contributed by atoms with Crippen molar-refractivity contribution in [2.24, 2.45) is 5.41 Å². The first-order valence-corrected chi connectivity index (χ1v) is 3.82. The third kappa shape index (κ3) is 1.85. The van der Waals surface area contributed by atoms with Gasteiger partial charge >= 0.3 is 5.97 Å². The van der Waals surface area contributed by atoms with Crippen LogP contribution in [0.25, 0.3) is 0 Å². The van der Waals surface area contributed by atoms with Gasteiger partial charge in [-0.15, -0.1) is 0 Å². The Kier molecular flexibility index (Phi) is 2.18. The van der Waals surface area contributed by atoms with Gasteiger partial charge in [0, 0.05) is 0 Å².